The summed E-state index contributed by atoms with van der Waals surface area (Å²) in [7, 11) is 0. The number of thioether (sulfide) groups is 1. The fourth-order valence-electron chi connectivity index (χ4n) is 1.99. The lowest BCUT2D eigenvalue weighted by atomic mass is 10.1. The normalized spacial score (nSPS) is 12.8. The third kappa shape index (κ3) is 6.96. The molecule has 0 spiro atoms. The molecule has 0 saturated carbocycles. The lowest BCUT2D eigenvalue weighted by molar-refractivity contribution is -0.156. The van der Waals surface area contributed by atoms with Crippen LogP contribution in [0.15, 0.2) is 24.3 Å². The van der Waals surface area contributed by atoms with Gasteiger partial charge in [0.05, 0.1) is 10.6 Å². The highest BCUT2D eigenvalue weighted by Gasteiger charge is 2.26. The monoisotopic (exact) mass is 386 g/mol. The molecule has 2 amide bonds. The lowest BCUT2D eigenvalue weighted by Crippen LogP contribution is -2.45. The fourth-order valence-corrected chi connectivity index (χ4v) is 2.69. The van der Waals surface area contributed by atoms with Crippen molar-refractivity contribution < 1.29 is 19.1 Å². The molecule has 138 valence electrons. The maximum atomic E-state index is 12.4. The first-order valence-corrected chi connectivity index (χ1v) is 9.70. The zero-order valence-corrected chi connectivity index (χ0v) is 16.1. The second-order valence-electron chi connectivity index (χ2n) is 5.26. The number of hydrogen-bond donors (Lipinski definition) is 2. The lowest BCUT2D eigenvalue weighted by Gasteiger charge is -2.20. The van der Waals surface area contributed by atoms with E-state index in [4.69, 9.17) is 16.3 Å². The predicted octanol–water partition coefficient (Wildman–Crippen LogP) is 2.26. The molecule has 0 aromatic heterocycles. The summed E-state index contributed by atoms with van der Waals surface area (Å²) < 4.78 is 5.18. The Balaban J connectivity index is 2.79. The first-order valence-electron chi connectivity index (χ1n) is 7.93. The summed E-state index contributed by atoms with van der Waals surface area (Å²) in [6.07, 6.45) is 1.36. The average molecular weight is 387 g/mol. The van der Waals surface area contributed by atoms with Crippen LogP contribution in [-0.4, -0.2) is 48.5 Å². The number of carbonyl (C=O) groups is 3. The Morgan fingerprint density at radius 1 is 1.28 bits per heavy atom. The van der Waals surface area contributed by atoms with Crippen molar-refractivity contribution in [3.05, 3.63) is 34.9 Å². The van der Waals surface area contributed by atoms with Gasteiger partial charge in [0.15, 0.2) is 6.10 Å². The van der Waals surface area contributed by atoms with Crippen molar-refractivity contribution in [2.75, 3.05) is 18.6 Å². The third-order valence-corrected chi connectivity index (χ3v) is 4.31. The van der Waals surface area contributed by atoms with Gasteiger partial charge < -0.3 is 15.4 Å². The zero-order chi connectivity index (χ0) is 18.8. The first-order chi connectivity index (χ1) is 11.9. The van der Waals surface area contributed by atoms with Crippen molar-refractivity contribution in [3.63, 3.8) is 0 Å². The van der Waals surface area contributed by atoms with Crippen molar-refractivity contribution in [3.8, 4) is 0 Å². The molecule has 0 aliphatic rings. The maximum Gasteiger partial charge on any atom is 0.329 e. The van der Waals surface area contributed by atoms with Crippen molar-refractivity contribution in [2.45, 2.75) is 32.4 Å². The molecule has 0 radical (unpaired) electrons. The van der Waals surface area contributed by atoms with Crippen LogP contribution in [0.25, 0.3) is 0 Å². The van der Waals surface area contributed by atoms with E-state index in [1.165, 1.54) is 6.92 Å². The second kappa shape index (κ2) is 11.0. The van der Waals surface area contributed by atoms with Crippen molar-refractivity contribution in [1.82, 2.24) is 10.6 Å². The molecule has 8 heteroatoms. The Morgan fingerprint density at radius 2 is 1.96 bits per heavy atom. The summed E-state index contributed by atoms with van der Waals surface area (Å²) >= 11 is 7.56. The summed E-state index contributed by atoms with van der Waals surface area (Å²) in [6.45, 7) is 3.71. The van der Waals surface area contributed by atoms with Gasteiger partial charge in [0, 0.05) is 6.54 Å². The molecule has 25 heavy (non-hydrogen) atoms. The maximum absolute atomic E-state index is 12.4. The van der Waals surface area contributed by atoms with Gasteiger partial charge in [-0.25, -0.2) is 4.79 Å². The molecular formula is C17H23ClN2O4S. The molecule has 0 aliphatic carbocycles. The topological polar surface area (TPSA) is 84.5 Å². The van der Waals surface area contributed by atoms with Gasteiger partial charge in [-0.15, -0.1) is 0 Å². The summed E-state index contributed by atoms with van der Waals surface area (Å²) in [5.74, 6) is -0.831. The number of nitrogens with one attached hydrogen (secondary N) is 2. The summed E-state index contributed by atoms with van der Waals surface area (Å²) in [5, 5.41) is 5.52. The molecule has 0 fully saturated rings. The van der Waals surface area contributed by atoms with E-state index in [-0.39, 0.29) is 11.5 Å². The van der Waals surface area contributed by atoms with Gasteiger partial charge in [-0.1, -0.05) is 23.7 Å². The van der Waals surface area contributed by atoms with E-state index >= 15 is 0 Å². The average Bonchev–Trinajstić information content (AvgIpc) is 2.58. The number of amides is 2. The molecule has 0 bridgehead atoms. The standard InChI is InChI=1S/C17H23ClN2O4S/c1-4-19-15(21)11(2)24-17(23)14(9-10-25-3)20-16(22)12-7-5-6-8-13(12)18/h5-8,11,14H,4,9-10H2,1-3H3,(H,19,21)(H,20,22)/t11-,14-/m1/s1. The second-order valence-corrected chi connectivity index (χ2v) is 6.65. The van der Waals surface area contributed by atoms with E-state index in [9.17, 15) is 14.4 Å². The van der Waals surface area contributed by atoms with Gasteiger partial charge in [0.2, 0.25) is 0 Å². The van der Waals surface area contributed by atoms with Crippen LogP contribution >= 0.6 is 23.4 Å². The molecule has 2 N–H and O–H groups in total. The van der Waals surface area contributed by atoms with Crippen LogP contribution in [0.4, 0.5) is 0 Å². The van der Waals surface area contributed by atoms with E-state index in [0.717, 1.165) is 0 Å². The minimum Gasteiger partial charge on any atom is -0.451 e. The first kappa shape index (κ1) is 21.3. The Morgan fingerprint density at radius 3 is 2.56 bits per heavy atom. The van der Waals surface area contributed by atoms with Crippen LogP contribution in [-0.2, 0) is 14.3 Å². The molecular weight excluding hydrogens is 364 g/mol. The van der Waals surface area contributed by atoms with E-state index in [0.29, 0.717) is 23.7 Å². The van der Waals surface area contributed by atoms with Gasteiger partial charge in [0.1, 0.15) is 6.04 Å². The van der Waals surface area contributed by atoms with Crippen LogP contribution in [0.2, 0.25) is 5.02 Å². The van der Waals surface area contributed by atoms with Crippen molar-refractivity contribution >= 4 is 41.1 Å². The predicted molar refractivity (Wildman–Crippen MR) is 99.9 cm³/mol. The van der Waals surface area contributed by atoms with Gasteiger partial charge in [0.25, 0.3) is 11.8 Å². The zero-order valence-electron chi connectivity index (χ0n) is 14.5. The minimum absolute atomic E-state index is 0.280. The number of likely N-dealkylation sites (N-methyl/N-ethyl adjacent to an activating group) is 1. The largest absolute Gasteiger partial charge is 0.451 e. The molecule has 2 atom stereocenters. The van der Waals surface area contributed by atoms with E-state index < -0.39 is 24.0 Å². The van der Waals surface area contributed by atoms with Crippen LogP contribution in [0.3, 0.4) is 0 Å². The van der Waals surface area contributed by atoms with Crippen LogP contribution in [0.5, 0.6) is 0 Å². The van der Waals surface area contributed by atoms with Crippen molar-refractivity contribution in [2.24, 2.45) is 0 Å². The Bertz CT molecular complexity index is 612. The van der Waals surface area contributed by atoms with Gasteiger partial charge >= 0.3 is 5.97 Å². The highest BCUT2D eigenvalue weighted by atomic mass is 35.5. The van der Waals surface area contributed by atoms with Gasteiger partial charge in [-0.3, -0.25) is 9.59 Å². The number of hydrogen-bond acceptors (Lipinski definition) is 5. The van der Waals surface area contributed by atoms with Crippen LogP contribution < -0.4 is 10.6 Å². The van der Waals surface area contributed by atoms with E-state index in [1.54, 1.807) is 43.0 Å². The number of carbonyl (C=O) groups excluding carboxylic acids is 3. The molecule has 0 saturated heterocycles. The van der Waals surface area contributed by atoms with Gasteiger partial charge in [-0.05, 0) is 44.4 Å². The number of rotatable bonds is 9. The molecule has 6 nitrogen and oxygen atoms in total. The quantitative estimate of drug-likeness (QED) is 0.636. The molecule has 1 rings (SSSR count). The number of ether oxygens (including phenoxy) is 1. The SMILES string of the molecule is CCNC(=O)[C@@H](C)OC(=O)[C@@H](CCSC)NC(=O)c1ccccc1Cl. The molecule has 0 unspecified atom stereocenters. The Labute approximate surface area is 157 Å². The smallest absolute Gasteiger partial charge is 0.329 e. The molecule has 0 heterocycles. The van der Waals surface area contributed by atoms with Crippen LogP contribution in [0, 0.1) is 0 Å². The third-order valence-electron chi connectivity index (χ3n) is 3.33. The molecule has 1 aromatic rings. The van der Waals surface area contributed by atoms with E-state index in [2.05, 4.69) is 10.6 Å². The fraction of sp³-hybridized carbons (Fsp3) is 0.471. The molecule has 1 aromatic carbocycles. The molecule has 0 aliphatic heterocycles. The van der Waals surface area contributed by atoms with Crippen LogP contribution in [0.1, 0.15) is 30.6 Å². The van der Waals surface area contributed by atoms with Gasteiger partial charge in [-0.2, -0.15) is 11.8 Å². The summed E-state index contributed by atoms with van der Waals surface area (Å²) in [5.41, 5.74) is 0.280. The Kier molecular flexibility index (Phi) is 9.37. The summed E-state index contributed by atoms with van der Waals surface area (Å²) in [4.78, 5) is 36.4. The van der Waals surface area contributed by atoms with Crippen molar-refractivity contribution in [1.29, 1.82) is 0 Å². The number of halogens is 1. The summed E-state index contributed by atoms with van der Waals surface area (Å²) in [6, 6.07) is 5.72. The Hall–Kier alpha value is -1.73. The highest BCUT2D eigenvalue weighted by Crippen LogP contribution is 2.15. The number of benzene rings is 1. The number of esters is 1. The van der Waals surface area contributed by atoms with E-state index in [1.807, 2.05) is 6.26 Å². The highest BCUT2D eigenvalue weighted by molar-refractivity contribution is 7.98. The minimum atomic E-state index is -0.929.